The Labute approximate surface area is 536 Å². The molecular formula is C61H71O34+. The number of hydrogen-bond donors (Lipinski definition) is 16. The van der Waals surface area contributed by atoms with Gasteiger partial charge in [0.2, 0.25) is 37.0 Å². The van der Waals surface area contributed by atoms with Crippen molar-refractivity contribution in [2.45, 2.75) is 123 Å². The van der Waals surface area contributed by atoms with Crippen LogP contribution in [0.2, 0.25) is 0 Å². The molecule has 1 aliphatic carbocycles. The lowest BCUT2D eigenvalue weighted by Crippen LogP contribution is -2.62. The molecule has 17 N–H and O–H groups in total. The summed E-state index contributed by atoms with van der Waals surface area (Å²) in [6.07, 6.45) is -32.9. The fourth-order valence-electron chi connectivity index (χ4n) is 10.3. The Morgan fingerprint density at radius 1 is 0.484 bits per heavy atom. The summed E-state index contributed by atoms with van der Waals surface area (Å²) < 4.78 is 83.7. The van der Waals surface area contributed by atoms with Gasteiger partial charge in [-0.15, -0.1) is 0 Å². The number of aliphatic hydroxyl groups excluding tert-OH is 13. The molecule has 9 rings (SSSR count). The van der Waals surface area contributed by atoms with E-state index in [0.29, 0.717) is 11.1 Å². The molecule has 5 aliphatic heterocycles. The Hall–Kier alpha value is -8.21. The summed E-state index contributed by atoms with van der Waals surface area (Å²) in [6, 6.07) is 11.9. The topological polar surface area (TPSA) is 522 Å². The van der Waals surface area contributed by atoms with Crippen LogP contribution >= 0.6 is 0 Å². The standard InChI is InChI=1S/C61H70O34/c1-81-32-11-23(12-33(82-2)43(32)67)5-9-41(65)85-20-38-46(70)50(74)53(77)58(93-38)87-22-40-48(72)52(76)56(80)61(95-40)91-36-18-27-29(64)16-26(17-30(27)89-57(36)25-7-8-28(63)31(15-25)90-60-55(79)49(73)45(69)37(19-62)92-60)88-59-54(78)51(75)47(71)39(94-59)21-86-42(66)10-6-24-13-34(83-3)44(68)35(14-24)84-4/h5-18,37-40,45-56,58-63,67-80H,19-22H2,1-4H3/p+1. The molecule has 6 aliphatic rings. The van der Waals surface area contributed by atoms with Gasteiger partial charge in [0.25, 0.3) is 0 Å². The molecule has 4 fully saturated rings. The average Bonchev–Trinajstić information content (AvgIpc) is 0.844. The van der Waals surface area contributed by atoms with Crippen LogP contribution in [0, 0.1) is 0 Å². The number of phenolic OH excluding ortho intramolecular Hbond substituents is 3. The van der Waals surface area contributed by atoms with Gasteiger partial charge in [-0.3, -0.25) is 4.79 Å². The third-order valence-corrected chi connectivity index (χ3v) is 15.6. The fraction of sp³-hybridized carbons (Fsp3) is 0.459. The van der Waals surface area contributed by atoms with Gasteiger partial charge in [-0.1, -0.05) is 0 Å². The zero-order valence-electron chi connectivity index (χ0n) is 50.5. The van der Waals surface area contributed by atoms with Crippen LogP contribution in [0.25, 0.3) is 34.8 Å². The number of fused-ring (bicyclic) bond motifs is 1. The van der Waals surface area contributed by atoms with E-state index < -0.39 is 195 Å². The molecule has 518 valence electrons. The third-order valence-electron chi connectivity index (χ3n) is 15.6. The van der Waals surface area contributed by atoms with Crippen molar-refractivity contribution in [3.63, 3.8) is 0 Å². The lowest BCUT2D eigenvalue weighted by atomic mass is 9.98. The van der Waals surface area contributed by atoms with Gasteiger partial charge in [0, 0.05) is 23.8 Å². The van der Waals surface area contributed by atoms with Crippen molar-refractivity contribution >= 4 is 24.1 Å². The molecule has 34 heteroatoms. The summed E-state index contributed by atoms with van der Waals surface area (Å²) >= 11 is 0. The zero-order valence-corrected chi connectivity index (χ0v) is 50.5. The number of phenols is 3. The summed E-state index contributed by atoms with van der Waals surface area (Å²) in [5.74, 6) is -4.98. The first-order valence-corrected chi connectivity index (χ1v) is 28.9. The molecule has 0 aromatic heterocycles. The van der Waals surface area contributed by atoms with Crippen molar-refractivity contribution in [3.05, 3.63) is 94.2 Å². The van der Waals surface area contributed by atoms with Crippen LogP contribution in [0.3, 0.4) is 0 Å². The maximum absolute atomic E-state index is 14.1. The van der Waals surface area contributed by atoms with E-state index in [1.54, 1.807) is 0 Å². The Morgan fingerprint density at radius 2 is 0.926 bits per heavy atom. The summed E-state index contributed by atoms with van der Waals surface area (Å²) in [5, 5.41) is 172. The zero-order chi connectivity index (χ0) is 68.9. The number of esters is 2. The molecule has 0 amide bonds. The summed E-state index contributed by atoms with van der Waals surface area (Å²) in [5.41, 5.74) is -0.675. The van der Waals surface area contributed by atoms with Crippen LogP contribution < -0.4 is 38.6 Å². The highest BCUT2D eigenvalue weighted by Crippen LogP contribution is 2.44. The van der Waals surface area contributed by atoms with Gasteiger partial charge in [0.1, 0.15) is 116 Å². The molecule has 3 aromatic carbocycles. The number of aliphatic hydroxyl groups is 13. The lowest BCUT2D eigenvalue weighted by molar-refractivity contribution is -0.322. The van der Waals surface area contributed by atoms with Gasteiger partial charge in [-0.25, -0.2) is 4.79 Å². The number of carbonyl (C=O) groups is 1. The van der Waals surface area contributed by atoms with Crippen LogP contribution in [-0.2, 0) is 38.0 Å². The number of aromatic hydroxyl groups is 3. The number of carbonyl (C=O) groups excluding carboxylic acids is 2. The second kappa shape index (κ2) is 30.7. The molecule has 20 unspecified atom stereocenters. The van der Waals surface area contributed by atoms with Crippen molar-refractivity contribution < 1.29 is 162 Å². The van der Waals surface area contributed by atoms with E-state index >= 15 is 0 Å². The fourth-order valence-corrected chi connectivity index (χ4v) is 10.3. The van der Waals surface area contributed by atoms with Gasteiger partial charge in [0.05, 0.1) is 53.3 Å². The Kier molecular flexibility index (Phi) is 23.0. The molecule has 34 nitrogen and oxygen atoms in total. The van der Waals surface area contributed by atoms with E-state index in [9.17, 15) is 96.1 Å². The summed E-state index contributed by atoms with van der Waals surface area (Å²) in [6.45, 7) is -3.08. The van der Waals surface area contributed by atoms with E-state index in [0.717, 1.165) is 42.5 Å². The number of methoxy groups -OCH3 is 4. The highest BCUT2D eigenvalue weighted by Gasteiger charge is 2.51. The molecule has 0 saturated carbocycles. The number of benzene rings is 4. The minimum absolute atomic E-state index is 0.0324. The van der Waals surface area contributed by atoms with Gasteiger partial charge < -0.3 is 157 Å². The SMILES string of the molecule is COc1cc(C=CC(=O)OCC2OC(Oc3cc4oc(-c5ccc(O)c(OC6OC(CO)C(O)C(O)C6O)c5)c(OC5OC(COC6OC(COC(=[OH+])C=Cc7cc(OC)c(O)c(OC)c7)C(O)C(O)C6O)C(O)C(O)C5O)cc-4c(=O)c3)C(O)C(O)C2O)cc(OC)c1O. The molecule has 0 bridgehead atoms. The van der Waals surface area contributed by atoms with E-state index in [2.05, 4.69) is 0 Å². The molecule has 20 atom stereocenters. The van der Waals surface area contributed by atoms with Crippen molar-refractivity contribution in [2.24, 2.45) is 0 Å². The van der Waals surface area contributed by atoms with Crippen molar-refractivity contribution in [3.8, 4) is 80.1 Å². The first-order valence-electron chi connectivity index (χ1n) is 28.9. The maximum atomic E-state index is 14.1. The molecule has 95 heavy (non-hydrogen) atoms. The van der Waals surface area contributed by atoms with Crippen molar-refractivity contribution in [2.75, 3.05) is 54.9 Å². The predicted molar refractivity (Wildman–Crippen MR) is 315 cm³/mol. The minimum Gasteiger partial charge on any atom is -0.504 e. The third kappa shape index (κ3) is 15.7. The van der Waals surface area contributed by atoms with E-state index in [1.165, 1.54) is 70.9 Å². The normalized spacial score (nSPS) is 31.0. The Balaban J connectivity index is 0.951. The van der Waals surface area contributed by atoms with E-state index in [1.807, 2.05) is 0 Å². The van der Waals surface area contributed by atoms with E-state index in [4.69, 9.17) is 70.7 Å². The van der Waals surface area contributed by atoms with Gasteiger partial charge >= 0.3 is 11.9 Å². The van der Waals surface area contributed by atoms with Crippen molar-refractivity contribution in [1.29, 1.82) is 0 Å². The molecule has 5 heterocycles. The number of hydrogen-bond acceptors (Lipinski definition) is 33. The highest BCUT2D eigenvalue weighted by atomic mass is 16.7. The second-order valence-electron chi connectivity index (χ2n) is 21.9. The van der Waals surface area contributed by atoms with Crippen molar-refractivity contribution in [1.82, 2.24) is 0 Å². The second-order valence-corrected chi connectivity index (χ2v) is 21.9. The Morgan fingerprint density at radius 3 is 1.44 bits per heavy atom. The maximum Gasteiger partial charge on any atom is 0.510 e. The number of ether oxygens (including phenoxy) is 14. The Bertz CT molecular complexity index is 3510. The smallest absolute Gasteiger partial charge is 0.504 e. The molecule has 0 radical (unpaired) electrons. The quantitative estimate of drug-likeness (QED) is 0.0171. The molecular weight excluding hydrogens is 1280 g/mol. The van der Waals surface area contributed by atoms with Gasteiger partial charge in [-0.05, 0) is 71.8 Å². The lowest BCUT2D eigenvalue weighted by Gasteiger charge is -2.42. The predicted octanol–water partition coefficient (Wildman–Crippen LogP) is -3.57. The summed E-state index contributed by atoms with van der Waals surface area (Å²) in [4.78, 5) is 37.5. The minimum atomic E-state index is -2.15. The van der Waals surface area contributed by atoms with Gasteiger partial charge in [0.15, 0.2) is 57.7 Å². The van der Waals surface area contributed by atoms with Crippen LogP contribution in [0.4, 0.5) is 0 Å². The first-order chi connectivity index (χ1) is 45.3. The van der Waals surface area contributed by atoms with E-state index in [-0.39, 0.29) is 51.4 Å². The number of rotatable bonds is 23. The average molecular weight is 1350 g/mol. The molecule has 4 saturated heterocycles. The largest absolute Gasteiger partial charge is 0.510 e. The first kappa shape index (κ1) is 71.1. The highest BCUT2D eigenvalue weighted by molar-refractivity contribution is 5.88. The van der Waals surface area contributed by atoms with Gasteiger partial charge in [-0.2, -0.15) is 0 Å². The molecule has 0 spiro atoms. The summed E-state index contributed by atoms with van der Waals surface area (Å²) in [7, 11) is 5.22. The van der Waals surface area contributed by atoms with Crippen LogP contribution in [0.15, 0.2) is 82.0 Å². The van der Waals surface area contributed by atoms with Crippen LogP contribution in [0.5, 0.6) is 57.5 Å². The molecule has 3 aromatic rings. The monoisotopic (exact) mass is 1350 g/mol. The van der Waals surface area contributed by atoms with Crippen LogP contribution in [-0.4, -0.2) is 276 Å². The van der Waals surface area contributed by atoms with Crippen LogP contribution in [0.1, 0.15) is 11.1 Å².